The van der Waals surface area contributed by atoms with E-state index in [1.165, 1.54) is 11.1 Å². The highest BCUT2D eigenvalue weighted by Crippen LogP contribution is 2.38. The molecule has 0 radical (unpaired) electrons. The minimum atomic E-state index is 0.305. The summed E-state index contributed by atoms with van der Waals surface area (Å²) in [5.74, 6) is 1.34. The summed E-state index contributed by atoms with van der Waals surface area (Å²) < 4.78 is 6.92. The van der Waals surface area contributed by atoms with Crippen molar-refractivity contribution in [2.75, 3.05) is 25.1 Å². The molecule has 39 heavy (non-hydrogen) atoms. The average Bonchev–Trinajstić information content (AvgIpc) is 3.59. The number of H-pyrrole nitrogens is 1. The SMILES string of the molecule is COc1ncc(CNC2CCN(c3ccc4[nH]c(-c5cn6ncnc6c(C)c5C)c(C(C)C)c4n3)CC2)cn1. The number of hydrogen-bond acceptors (Lipinski definition) is 8. The number of aromatic amines is 1. The number of aromatic nitrogens is 7. The van der Waals surface area contributed by atoms with E-state index >= 15 is 0 Å². The Balaban J connectivity index is 1.22. The van der Waals surface area contributed by atoms with Gasteiger partial charge in [0.05, 0.1) is 23.8 Å². The Morgan fingerprint density at radius 3 is 2.56 bits per heavy atom. The number of rotatable bonds is 7. The van der Waals surface area contributed by atoms with E-state index in [2.05, 4.69) is 81.3 Å². The molecule has 0 unspecified atom stereocenters. The van der Waals surface area contributed by atoms with Crippen LogP contribution >= 0.6 is 0 Å². The van der Waals surface area contributed by atoms with Gasteiger partial charge in [0.15, 0.2) is 5.65 Å². The predicted octanol–water partition coefficient (Wildman–Crippen LogP) is 4.57. The van der Waals surface area contributed by atoms with Gasteiger partial charge < -0.3 is 19.9 Å². The molecular weight excluding hydrogens is 490 g/mol. The standard InChI is InChI=1S/C29H35N9O/c1-17(2)25-26(22-15-38-28(33-16-34-38)19(4)18(22)3)35-23-6-7-24(36-27(23)25)37-10-8-21(9-11-37)30-12-20-13-31-29(39-5)32-14-20/h6-7,13-17,21,30,35H,8-12H2,1-5H3. The number of aryl methyl sites for hydroxylation is 1. The first-order chi connectivity index (χ1) is 18.9. The summed E-state index contributed by atoms with van der Waals surface area (Å²) in [4.78, 5) is 24.1. The quantitative estimate of drug-likeness (QED) is 0.318. The summed E-state index contributed by atoms with van der Waals surface area (Å²) in [7, 11) is 1.58. The van der Waals surface area contributed by atoms with Gasteiger partial charge in [-0.1, -0.05) is 13.8 Å². The zero-order chi connectivity index (χ0) is 27.1. The van der Waals surface area contributed by atoms with Gasteiger partial charge in [0, 0.05) is 61.0 Å². The minimum absolute atomic E-state index is 0.305. The van der Waals surface area contributed by atoms with E-state index in [1.807, 2.05) is 16.9 Å². The number of ether oxygens (including phenoxy) is 1. The first kappa shape index (κ1) is 25.2. The number of piperidine rings is 1. The van der Waals surface area contributed by atoms with E-state index in [9.17, 15) is 0 Å². The van der Waals surface area contributed by atoms with Crippen LogP contribution in [0.5, 0.6) is 6.01 Å². The van der Waals surface area contributed by atoms with E-state index in [1.54, 1.807) is 13.4 Å². The molecule has 0 aliphatic carbocycles. The zero-order valence-corrected chi connectivity index (χ0v) is 23.2. The van der Waals surface area contributed by atoms with Crippen LogP contribution in [0.3, 0.4) is 0 Å². The van der Waals surface area contributed by atoms with Crippen LogP contribution in [0.1, 0.15) is 54.9 Å². The van der Waals surface area contributed by atoms with Crippen molar-refractivity contribution in [3.63, 3.8) is 0 Å². The third-order valence-corrected chi connectivity index (χ3v) is 7.92. The van der Waals surface area contributed by atoms with Gasteiger partial charge in [-0.2, -0.15) is 5.10 Å². The molecule has 0 bridgehead atoms. The van der Waals surface area contributed by atoms with Crippen LogP contribution < -0.4 is 15.0 Å². The molecule has 1 aliphatic heterocycles. The number of methoxy groups -OCH3 is 1. The molecule has 10 heteroatoms. The monoisotopic (exact) mass is 525 g/mol. The zero-order valence-electron chi connectivity index (χ0n) is 23.2. The van der Waals surface area contributed by atoms with E-state index in [0.29, 0.717) is 18.0 Å². The molecule has 0 atom stereocenters. The Morgan fingerprint density at radius 2 is 1.85 bits per heavy atom. The second-order valence-corrected chi connectivity index (χ2v) is 10.7. The van der Waals surface area contributed by atoms with Gasteiger partial charge in [-0.15, -0.1) is 0 Å². The van der Waals surface area contributed by atoms with Crippen LogP contribution in [0, 0.1) is 13.8 Å². The number of anilines is 1. The van der Waals surface area contributed by atoms with Crippen molar-refractivity contribution in [2.24, 2.45) is 0 Å². The van der Waals surface area contributed by atoms with Gasteiger partial charge in [0.1, 0.15) is 12.1 Å². The summed E-state index contributed by atoms with van der Waals surface area (Å²) in [6, 6.07) is 5.17. The summed E-state index contributed by atoms with van der Waals surface area (Å²) in [5.41, 5.74) is 9.92. The van der Waals surface area contributed by atoms with E-state index < -0.39 is 0 Å². The van der Waals surface area contributed by atoms with Crippen molar-refractivity contribution in [1.82, 2.24) is 39.9 Å². The molecule has 6 rings (SSSR count). The lowest BCUT2D eigenvalue weighted by molar-refractivity contribution is 0.378. The van der Waals surface area contributed by atoms with Crippen molar-refractivity contribution in [1.29, 1.82) is 0 Å². The van der Waals surface area contributed by atoms with Crippen LogP contribution in [0.25, 0.3) is 27.9 Å². The number of pyridine rings is 2. The van der Waals surface area contributed by atoms with Crippen molar-refractivity contribution in [3.8, 4) is 17.3 Å². The lowest BCUT2D eigenvalue weighted by Crippen LogP contribution is -2.42. The highest BCUT2D eigenvalue weighted by molar-refractivity contribution is 5.90. The Labute approximate surface area is 227 Å². The Morgan fingerprint density at radius 1 is 1.08 bits per heavy atom. The minimum Gasteiger partial charge on any atom is -0.467 e. The second-order valence-electron chi connectivity index (χ2n) is 10.7. The maximum absolute atomic E-state index is 5.22. The van der Waals surface area contributed by atoms with E-state index in [4.69, 9.17) is 9.72 Å². The van der Waals surface area contributed by atoms with Gasteiger partial charge in [-0.3, -0.25) is 0 Å². The van der Waals surface area contributed by atoms with Crippen molar-refractivity contribution >= 4 is 22.5 Å². The molecule has 0 amide bonds. The van der Waals surface area contributed by atoms with Gasteiger partial charge in [-0.25, -0.2) is 24.5 Å². The van der Waals surface area contributed by atoms with Crippen LogP contribution in [0.4, 0.5) is 5.82 Å². The summed E-state index contributed by atoms with van der Waals surface area (Å²) in [5, 5.41) is 8.07. The van der Waals surface area contributed by atoms with E-state index in [0.717, 1.165) is 77.4 Å². The van der Waals surface area contributed by atoms with Crippen LogP contribution in [-0.4, -0.2) is 60.8 Å². The molecule has 202 valence electrons. The number of nitrogens with zero attached hydrogens (tertiary/aromatic N) is 7. The molecule has 5 aromatic heterocycles. The summed E-state index contributed by atoms with van der Waals surface area (Å²) in [6.45, 7) is 11.4. The smallest absolute Gasteiger partial charge is 0.316 e. The average molecular weight is 526 g/mol. The number of nitrogens with one attached hydrogen (secondary N) is 2. The third-order valence-electron chi connectivity index (χ3n) is 7.92. The highest BCUT2D eigenvalue weighted by atomic mass is 16.5. The maximum atomic E-state index is 5.22. The van der Waals surface area contributed by atoms with Gasteiger partial charge >= 0.3 is 6.01 Å². The number of hydrogen-bond donors (Lipinski definition) is 2. The second kappa shape index (κ2) is 10.3. The number of fused-ring (bicyclic) bond motifs is 2. The van der Waals surface area contributed by atoms with Crippen LogP contribution in [-0.2, 0) is 6.54 Å². The Kier molecular flexibility index (Phi) is 6.64. The Hall–Kier alpha value is -4.05. The van der Waals surface area contributed by atoms with Crippen LogP contribution in [0.15, 0.2) is 37.1 Å². The molecule has 2 N–H and O–H groups in total. The first-order valence-electron chi connectivity index (χ1n) is 13.6. The normalized spacial score (nSPS) is 14.7. The van der Waals surface area contributed by atoms with Gasteiger partial charge in [-0.05, 0) is 55.9 Å². The molecule has 6 heterocycles. The molecule has 0 saturated carbocycles. The van der Waals surface area contributed by atoms with Gasteiger partial charge in [0.2, 0.25) is 0 Å². The van der Waals surface area contributed by atoms with Gasteiger partial charge in [0.25, 0.3) is 0 Å². The molecule has 0 aromatic carbocycles. The molecule has 0 spiro atoms. The lowest BCUT2D eigenvalue weighted by atomic mass is 9.95. The topological polar surface area (TPSA) is 109 Å². The molecular formula is C29H35N9O. The molecule has 1 aliphatic rings. The maximum Gasteiger partial charge on any atom is 0.316 e. The third kappa shape index (κ3) is 4.69. The lowest BCUT2D eigenvalue weighted by Gasteiger charge is -2.33. The predicted molar refractivity (Wildman–Crippen MR) is 152 cm³/mol. The fourth-order valence-electron chi connectivity index (χ4n) is 5.59. The van der Waals surface area contributed by atoms with E-state index in [-0.39, 0.29) is 0 Å². The molecule has 1 fully saturated rings. The molecule has 1 saturated heterocycles. The van der Waals surface area contributed by atoms with Crippen molar-refractivity contribution in [2.45, 2.75) is 59.0 Å². The largest absolute Gasteiger partial charge is 0.467 e. The Bertz CT molecular complexity index is 1610. The highest BCUT2D eigenvalue weighted by Gasteiger charge is 2.24. The van der Waals surface area contributed by atoms with Crippen molar-refractivity contribution < 1.29 is 4.74 Å². The fraction of sp³-hybridized carbons (Fsp3) is 0.414. The molecule has 5 aromatic rings. The first-order valence-corrected chi connectivity index (χ1v) is 13.6. The molecule has 10 nitrogen and oxygen atoms in total. The fourth-order valence-corrected chi connectivity index (χ4v) is 5.59. The van der Waals surface area contributed by atoms with Crippen molar-refractivity contribution in [3.05, 3.63) is 59.3 Å². The van der Waals surface area contributed by atoms with Crippen LogP contribution in [0.2, 0.25) is 0 Å². The summed E-state index contributed by atoms with van der Waals surface area (Å²) in [6.07, 6.45) is 9.44. The summed E-state index contributed by atoms with van der Waals surface area (Å²) >= 11 is 0.